The minimum absolute atomic E-state index is 0.146. The number of rotatable bonds is 2. The Bertz CT molecular complexity index is 1060. The Morgan fingerprint density at radius 3 is 2.56 bits per heavy atom. The van der Waals surface area contributed by atoms with Crippen molar-refractivity contribution in [3.8, 4) is 17.6 Å². The van der Waals surface area contributed by atoms with Gasteiger partial charge in [-0.1, -0.05) is 50.8 Å². The zero-order valence-electron chi connectivity index (χ0n) is 19.7. The number of hydrogen-bond acceptors (Lipinski definition) is 2. The molecule has 2 N–H and O–H groups in total. The maximum Gasteiger partial charge on any atom is 0.131 e. The second-order valence-corrected chi connectivity index (χ2v) is 11.2. The van der Waals surface area contributed by atoms with Crippen molar-refractivity contribution in [1.29, 1.82) is 0 Å². The van der Waals surface area contributed by atoms with Gasteiger partial charge in [0, 0.05) is 11.0 Å². The molecule has 2 saturated carbocycles. The highest BCUT2D eigenvalue weighted by molar-refractivity contribution is 5.42. The van der Waals surface area contributed by atoms with E-state index in [9.17, 15) is 10.2 Å². The molecule has 5 rings (SSSR count). The van der Waals surface area contributed by atoms with Crippen LogP contribution in [0.2, 0.25) is 0 Å². The van der Waals surface area contributed by atoms with Crippen molar-refractivity contribution >= 4 is 0 Å². The van der Waals surface area contributed by atoms with Gasteiger partial charge in [0.25, 0.3) is 0 Å². The van der Waals surface area contributed by atoms with E-state index >= 15 is 0 Å². The van der Waals surface area contributed by atoms with Gasteiger partial charge in [-0.3, -0.25) is 0 Å². The summed E-state index contributed by atoms with van der Waals surface area (Å²) in [5.41, 5.74) is 4.05. The zero-order valence-corrected chi connectivity index (χ0v) is 19.7. The first-order valence-electron chi connectivity index (χ1n) is 12.5. The van der Waals surface area contributed by atoms with E-state index in [-0.39, 0.29) is 5.41 Å². The van der Waals surface area contributed by atoms with Crippen LogP contribution in [0.3, 0.4) is 0 Å². The molecule has 0 bridgehead atoms. The third-order valence-electron chi connectivity index (χ3n) is 8.87. The molecule has 2 aromatic carbocycles. The number of hydrogen-bond donors (Lipinski definition) is 2. The predicted molar refractivity (Wildman–Crippen MR) is 130 cm³/mol. The van der Waals surface area contributed by atoms with Crippen LogP contribution >= 0.6 is 0 Å². The van der Waals surface area contributed by atoms with E-state index in [1.54, 1.807) is 0 Å². The molecule has 0 aromatic heterocycles. The molecular formula is C30H36O2. The molecule has 3 aliphatic carbocycles. The number of aromatic hydroxyl groups is 1. The third kappa shape index (κ3) is 3.56. The summed E-state index contributed by atoms with van der Waals surface area (Å²) in [7, 11) is 0. The minimum Gasteiger partial charge on any atom is -0.508 e. The molecular weight excluding hydrogens is 392 g/mol. The van der Waals surface area contributed by atoms with Gasteiger partial charge in [0.05, 0.1) is 0 Å². The molecule has 3 aliphatic rings. The Balaban J connectivity index is 1.38. The highest BCUT2D eigenvalue weighted by Crippen LogP contribution is 2.64. The van der Waals surface area contributed by atoms with Crippen LogP contribution in [0.4, 0.5) is 0 Å². The molecule has 2 nitrogen and oxygen atoms in total. The Hall–Kier alpha value is -2.24. The van der Waals surface area contributed by atoms with Gasteiger partial charge in [-0.2, -0.15) is 0 Å². The fourth-order valence-electron chi connectivity index (χ4n) is 7.16. The van der Waals surface area contributed by atoms with Gasteiger partial charge in [0.1, 0.15) is 11.4 Å². The van der Waals surface area contributed by atoms with E-state index in [0.29, 0.717) is 29.4 Å². The molecule has 32 heavy (non-hydrogen) atoms. The van der Waals surface area contributed by atoms with Crippen LogP contribution < -0.4 is 0 Å². The molecule has 0 heterocycles. The van der Waals surface area contributed by atoms with E-state index in [1.807, 2.05) is 12.1 Å². The topological polar surface area (TPSA) is 40.5 Å². The van der Waals surface area contributed by atoms with Gasteiger partial charge in [0.15, 0.2) is 0 Å². The molecule has 0 amide bonds. The van der Waals surface area contributed by atoms with Crippen molar-refractivity contribution in [2.24, 2.45) is 23.2 Å². The fraction of sp³-hybridized carbons (Fsp3) is 0.533. The van der Waals surface area contributed by atoms with Gasteiger partial charge < -0.3 is 10.2 Å². The smallest absolute Gasteiger partial charge is 0.131 e. The highest BCUT2D eigenvalue weighted by Gasteiger charge is 2.61. The van der Waals surface area contributed by atoms with Crippen molar-refractivity contribution in [1.82, 2.24) is 0 Å². The number of phenols is 1. The fourth-order valence-corrected chi connectivity index (χ4v) is 7.16. The summed E-state index contributed by atoms with van der Waals surface area (Å²) in [6, 6.07) is 14.5. The predicted octanol–water partition coefficient (Wildman–Crippen LogP) is 6.23. The van der Waals surface area contributed by atoms with E-state index < -0.39 is 5.60 Å². The lowest BCUT2D eigenvalue weighted by molar-refractivity contribution is -0.0647. The molecule has 5 unspecified atom stereocenters. The SMILES string of the molecule is CC(C)Cc1ccc(C#CC2(O)CCC3C4CCc5cc(O)ccc5C4CCC32C)cc1. The quantitative estimate of drug-likeness (QED) is 0.557. The normalized spacial score (nSPS) is 33.1. The van der Waals surface area contributed by atoms with Crippen LogP contribution in [0.25, 0.3) is 0 Å². The molecule has 168 valence electrons. The van der Waals surface area contributed by atoms with Crippen molar-refractivity contribution in [3.05, 3.63) is 64.7 Å². The van der Waals surface area contributed by atoms with Crippen LogP contribution in [-0.4, -0.2) is 15.8 Å². The van der Waals surface area contributed by atoms with Crippen molar-refractivity contribution in [2.75, 3.05) is 0 Å². The molecule has 2 fully saturated rings. The van der Waals surface area contributed by atoms with Crippen molar-refractivity contribution in [2.45, 2.75) is 77.2 Å². The van der Waals surface area contributed by atoms with Gasteiger partial charge in [0.2, 0.25) is 0 Å². The summed E-state index contributed by atoms with van der Waals surface area (Å²) in [5, 5.41) is 21.7. The summed E-state index contributed by atoms with van der Waals surface area (Å²) in [6.07, 6.45) is 7.22. The maximum absolute atomic E-state index is 11.8. The standard InChI is InChI=1S/C30H36O2/c1-20(2)18-22-6-4-21(5-7-22)12-16-30(32)17-14-28-27-10-8-23-19-24(31)9-11-25(23)26(27)13-15-29(28,30)3/h4-7,9,11,19-20,26-28,31-32H,8,10,13-15,17-18H2,1-3H3. The number of benzene rings is 2. The molecule has 2 heteroatoms. The molecule has 5 atom stereocenters. The lowest BCUT2D eigenvalue weighted by atomic mass is 9.53. The number of aryl methyl sites for hydroxylation is 1. The zero-order chi connectivity index (χ0) is 22.5. The van der Waals surface area contributed by atoms with Gasteiger partial charge in [-0.05, 0) is 110 Å². The lowest BCUT2D eigenvalue weighted by Gasteiger charge is -2.52. The summed E-state index contributed by atoms with van der Waals surface area (Å²) in [5.74, 6) is 9.40. The van der Waals surface area contributed by atoms with Crippen LogP contribution in [0.1, 0.15) is 81.0 Å². The molecule has 0 spiro atoms. The third-order valence-corrected chi connectivity index (χ3v) is 8.87. The Morgan fingerprint density at radius 2 is 1.81 bits per heavy atom. The van der Waals surface area contributed by atoms with Crippen LogP contribution in [-0.2, 0) is 12.8 Å². The Labute approximate surface area is 193 Å². The number of fused-ring (bicyclic) bond motifs is 5. The summed E-state index contributed by atoms with van der Waals surface area (Å²) in [6.45, 7) is 6.78. The van der Waals surface area contributed by atoms with Gasteiger partial charge >= 0.3 is 0 Å². The first kappa shape index (κ1) is 21.6. The summed E-state index contributed by atoms with van der Waals surface area (Å²) < 4.78 is 0. The summed E-state index contributed by atoms with van der Waals surface area (Å²) in [4.78, 5) is 0. The lowest BCUT2D eigenvalue weighted by Crippen LogP contribution is -2.50. The maximum atomic E-state index is 11.8. The highest BCUT2D eigenvalue weighted by atomic mass is 16.3. The van der Waals surface area contributed by atoms with Gasteiger partial charge in [-0.15, -0.1) is 0 Å². The van der Waals surface area contributed by atoms with Crippen molar-refractivity contribution in [3.63, 3.8) is 0 Å². The second kappa shape index (κ2) is 7.96. The second-order valence-electron chi connectivity index (χ2n) is 11.2. The monoisotopic (exact) mass is 428 g/mol. The van der Waals surface area contributed by atoms with Crippen LogP contribution in [0.15, 0.2) is 42.5 Å². The van der Waals surface area contributed by atoms with Crippen LogP contribution in [0.5, 0.6) is 5.75 Å². The largest absolute Gasteiger partial charge is 0.508 e. The molecule has 2 aromatic rings. The Kier molecular flexibility index (Phi) is 5.37. The van der Waals surface area contributed by atoms with Crippen LogP contribution in [0, 0.1) is 35.0 Å². The average Bonchev–Trinajstić information content (AvgIpc) is 3.03. The number of phenolic OH excluding ortho intramolecular Hbond substituents is 1. The number of aliphatic hydroxyl groups is 1. The molecule has 0 saturated heterocycles. The van der Waals surface area contributed by atoms with E-state index in [4.69, 9.17) is 0 Å². The van der Waals surface area contributed by atoms with Gasteiger partial charge in [-0.25, -0.2) is 0 Å². The average molecular weight is 429 g/mol. The minimum atomic E-state index is -0.908. The van der Waals surface area contributed by atoms with E-state index in [2.05, 4.69) is 62.9 Å². The Morgan fingerprint density at radius 1 is 1.03 bits per heavy atom. The van der Waals surface area contributed by atoms with E-state index in [0.717, 1.165) is 50.5 Å². The molecule has 0 aliphatic heterocycles. The first-order valence-corrected chi connectivity index (χ1v) is 12.5. The van der Waals surface area contributed by atoms with E-state index in [1.165, 1.54) is 16.7 Å². The first-order chi connectivity index (χ1) is 15.3. The van der Waals surface area contributed by atoms with Crippen molar-refractivity contribution < 1.29 is 10.2 Å². The molecule has 0 radical (unpaired) electrons. The summed E-state index contributed by atoms with van der Waals surface area (Å²) >= 11 is 0.